The van der Waals surface area contributed by atoms with Crippen molar-refractivity contribution in [3.8, 4) is 5.75 Å². The van der Waals surface area contributed by atoms with Crippen LogP contribution in [0.15, 0.2) is 24.3 Å². The number of hydrogen-bond acceptors (Lipinski definition) is 4. The quantitative estimate of drug-likeness (QED) is 0.433. The van der Waals surface area contributed by atoms with Crippen LogP contribution >= 0.6 is 0 Å². The molecule has 1 N–H and O–H groups in total. The molecule has 0 saturated heterocycles. The summed E-state index contributed by atoms with van der Waals surface area (Å²) >= 11 is 0. The number of hydrogen-bond donors (Lipinski definition) is 1. The Morgan fingerprint density at radius 1 is 1.09 bits per heavy atom. The zero-order chi connectivity index (χ0) is 23.0. The van der Waals surface area contributed by atoms with Gasteiger partial charge in [-0.2, -0.15) is 0 Å². The van der Waals surface area contributed by atoms with Crippen LogP contribution in [0.3, 0.4) is 0 Å². The van der Waals surface area contributed by atoms with E-state index in [1.54, 1.807) is 0 Å². The van der Waals surface area contributed by atoms with Crippen LogP contribution in [0.5, 0.6) is 5.75 Å². The van der Waals surface area contributed by atoms with Crippen molar-refractivity contribution in [2.24, 2.45) is 5.92 Å². The first-order valence-corrected chi connectivity index (χ1v) is 13.1. The van der Waals surface area contributed by atoms with Crippen molar-refractivity contribution in [3.05, 3.63) is 35.5 Å². The van der Waals surface area contributed by atoms with Gasteiger partial charge in [0, 0.05) is 23.4 Å². The predicted octanol–water partition coefficient (Wildman–Crippen LogP) is 6.25. The highest BCUT2D eigenvalue weighted by atomic mass is 16.5. The molecule has 4 rings (SSSR count). The van der Waals surface area contributed by atoms with E-state index in [4.69, 9.17) is 14.5 Å². The molecule has 2 fully saturated rings. The van der Waals surface area contributed by atoms with Gasteiger partial charge in [-0.3, -0.25) is 4.79 Å². The Morgan fingerprint density at radius 2 is 1.85 bits per heavy atom. The van der Waals surface area contributed by atoms with Crippen molar-refractivity contribution < 1.29 is 14.3 Å². The fourth-order valence-corrected chi connectivity index (χ4v) is 5.30. The second kappa shape index (κ2) is 11.8. The number of nitrogens with one attached hydrogen (secondary N) is 1. The summed E-state index contributed by atoms with van der Waals surface area (Å²) < 4.78 is 12.5. The highest BCUT2D eigenvalue weighted by molar-refractivity contribution is 5.86. The number of para-hydroxylation sites is 1. The van der Waals surface area contributed by atoms with Gasteiger partial charge in [0.25, 0.3) is 0 Å². The Labute approximate surface area is 198 Å². The number of amides is 1. The van der Waals surface area contributed by atoms with Crippen molar-refractivity contribution in [2.45, 2.75) is 103 Å². The molecular weight excluding hydrogens is 412 g/mol. The first kappa shape index (κ1) is 24.0. The molecular formula is C28H40N2O3. The minimum atomic E-state index is 0.227. The van der Waals surface area contributed by atoms with Gasteiger partial charge in [0.15, 0.2) is 0 Å². The molecule has 180 valence electrons. The molecule has 33 heavy (non-hydrogen) atoms. The fraction of sp³-hybridized carbons (Fsp3) is 0.643. The summed E-state index contributed by atoms with van der Waals surface area (Å²) in [6.07, 6.45) is 12.1. The summed E-state index contributed by atoms with van der Waals surface area (Å²) in [5.41, 5.74) is 3.01. The standard InChI is InChI=1S/C28H40N2O3/c1-3-4-17-32-28-20(2)26(30-25-12-8-7-11-24(25)28)19-33-23-15-13-22(14-16-23)29-27(31)18-21-9-5-6-10-21/h7-8,11-12,21-23H,3-6,9-10,13-19H2,1-2H3,(H,29,31). The van der Waals surface area contributed by atoms with E-state index in [-0.39, 0.29) is 12.0 Å². The summed E-state index contributed by atoms with van der Waals surface area (Å²) in [7, 11) is 0. The van der Waals surface area contributed by atoms with Gasteiger partial charge in [-0.15, -0.1) is 0 Å². The molecule has 1 aromatic heterocycles. The minimum absolute atomic E-state index is 0.227. The van der Waals surface area contributed by atoms with Crippen molar-refractivity contribution in [1.29, 1.82) is 0 Å². The molecule has 1 amide bonds. The van der Waals surface area contributed by atoms with E-state index in [2.05, 4.69) is 25.2 Å². The van der Waals surface area contributed by atoms with Gasteiger partial charge in [0.05, 0.1) is 30.5 Å². The van der Waals surface area contributed by atoms with Gasteiger partial charge in [0.2, 0.25) is 5.91 Å². The van der Waals surface area contributed by atoms with Crippen LogP contribution in [0.25, 0.3) is 10.9 Å². The summed E-state index contributed by atoms with van der Waals surface area (Å²) in [5, 5.41) is 4.35. The third-order valence-electron chi connectivity index (χ3n) is 7.37. The second-order valence-electron chi connectivity index (χ2n) is 9.94. The Morgan fingerprint density at radius 3 is 2.61 bits per heavy atom. The number of unbranched alkanes of at least 4 members (excludes halogenated alkanes) is 1. The van der Waals surface area contributed by atoms with Crippen LogP contribution in [0.2, 0.25) is 0 Å². The summed E-state index contributed by atoms with van der Waals surface area (Å²) in [6.45, 7) is 5.50. The third-order valence-corrected chi connectivity index (χ3v) is 7.37. The van der Waals surface area contributed by atoms with E-state index in [0.717, 1.165) is 73.0 Å². The smallest absolute Gasteiger partial charge is 0.220 e. The highest BCUT2D eigenvalue weighted by Crippen LogP contribution is 2.32. The number of carbonyl (C=O) groups is 1. The molecule has 1 aromatic carbocycles. The monoisotopic (exact) mass is 452 g/mol. The molecule has 0 unspecified atom stereocenters. The number of fused-ring (bicyclic) bond motifs is 1. The van der Waals surface area contributed by atoms with Crippen LogP contribution in [-0.4, -0.2) is 29.6 Å². The maximum absolute atomic E-state index is 12.4. The Bertz CT molecular complexity index is 915. The van der Waals surface area contributed by atoms with Gasteiger partial charge in [-0.25, -0.2) is 4.98 Å². The lowest BCUT2D eigenvalue weighted by atomic mass is 9.92. The largest absolute Gasteiger partial charge is 0.493 e. The van der Waals surface area contributed by atoms with E-state index in [0.29, 0.717) is 25.0 Å². The first-order chi connectivity index (χ1) is 16.1. The van der Waals surface area contributed by atoms with E-state index in [1.165, 1.54) is 25.7 Å². The van der Waals surface area contributed by atoms with E-state index < -0.39 is 0 Å². The SMILES string of the molecule is CCCCOc1c(C)c(COC2CCC(NC(=O)CC3CCCC3)CC2)nc2ccccc12. The molecule has 0 bridgehead atoms. The van der Waals surface area contributed by atoms with Crippen molar-refractivity contribution in [3.63, 3.8) is 0 Å². The molecule has 5 nitrogen and oxygen atoms in total. The molecule has 0 aliphatic heterocycles. The zero-order valence-corrected chi connectivity index (χ0v) is 20.4. The van der Waals surface area contributed by atoms with E-state index >= 15 is 0 Å². The maximum Gasteiger partial charge on any atom is 0.220 e. The Kier molecular flexibility index (Phi) is 8.60. The minimum Gasteiger partial charge on any atom is -0.493 e. The number of benzene rings is 1. The van der Waals surface area contributed by atoms with Crippen LogP contribution in [-0.2, 0) is 16.1 Å². The average Bonchev–Trinajstić information content (AvgIpc) is 3.33. The van der Waals surface area contributed by atoms with Crippen molar-refractivity contribution >= 4 is 16.8 Å². The molecule has 0 atom stereocenters. The Balaban J connectivity index is 1.29. The third kappa shape index (κ3) is 6.47. The second-order valence-corrected chi connectivity index (χ2v) is 9.94. The normalized spacial score (nSPS) is 21.4. The molecule has 2 saturated carbocycles. The van der Waals surface area contributed by atoms with Gasteiger partial charge >= 0.3 is 0 Å². The van der Waals surface area contributed by atoms with Gasteiger partial charge in [0.1, 0.15) is 5.75 Å². The van der Waals surface area contributed by atoms with Crippen molar-refractivity contribution in [2.75, 3.05) is 6.61 Å². The fourth-order valence-electron chi connectivity index (χ4n) is 5.30. The van der Waals surface area contributed by atoms with E-state index in [1.807, 2.05) is 18.2 Å². The van der Waals surface area contributed by atoms with Gasteiger partial charge in [-0.1, -0.05) is 38.3 Å². The van der Waals surface area contributed by atoms with Crippen LogP contribution in [0, 0.1) is 12.8 Å². The predicted molar refractivity (Wildman–Crippen MR) is 132 cm³/mol. The van der Waals surface area contributed by atoms with Crippen LogP contribution in [0.1, 0.15) is 88.8 Å². The summed E-state index contributed by atoms with van der Waals surface area (Å²) in [5.74, 6) is 1.80. The lowest BCUT2D eigenvalue weighted by Gasteiger charge is -2.29. The van der Waals surface area contributed by atoms with Gasteiger partial charge in [-0.05, 0) is 69.9 Å². The summed E-state index contributed by atoms with van der Waals surface area (Å²) in [4.78, 5) is 17.3. The van der Waals surface area contributed by atoms with Crippen molar-refractivity contribution in [1.82, 2.24) is 10.3 Å². The topological polar surface area (TPSA) is 60.5 Å². The summed E-state index contributed by atoms with van der Waals surface area (Å²) in [6, 6.07) is 8.50. The maximum atomic E-state index is 12.4. The number of aromatic nitrogens is 1. The van der Waals surface area contributed by atoms with E-state index in [9.17, 15) is 4.79 Å². The number of carbonyl (C=O) groups excluding carboxylic acids is 1. The van der Waals surface area contributed by atoms with Gasteiger partial charge < -0.3 is 14.8 Å². The lowest BCUT2D eigenvalue weighted by Crippen LogP contribution is -2.39. The number of nitrogens with zero attached hydrogens (tertiary/aromatic N) is 1. The first-order valence-electron chi connectivity index (χ1n) is 13.1. The Hall–Kier alpha value is -2.14. The van der Waals surface area contributed by atoms with Crippen LogP contribution < -0.4 is 10.1 Å². The molecule has 2 aliphatic carbocycles. The average molecular weight is 453 g/mol. The number of ether oxygens (including phenoxy) is 2. The molecule has 2 aliphatic rings. The molecule has 0 spiro atoms. The zero-order valence-electron chi connectivity index (χ0n) is 20.4. The molecule has 0 radical (unpaired) electrons. The molecule has 5 heteroatoms. The number of pyridine rings is 1. The highest BCUT2D eigenvalue weighted by Gasteiger charge is 2.25. The lowest BCUT2D eigenvalue weighted by molar-refractivity contribution is -0.123. The molecule has 2 aromatic rings. The van der Waals surface area contributed by atoms with Crippen LogP contribution in [0.4, 0.5) is 0 Å². The molecule has 1 heterocycles. The number of rotatable bonds is 10.